The quantitative estimate of drug-likeness (QED) is 0.833. The highest BCUT2D eigenvalue weighted by molar-refractivity contribution is 7.92. The summed E-state index contributed by atoms with van der Waals surface area (Å²) in [6.07, 6.45) is 2.26. The van der Waals surface area contributed by atoms with Gasteiger partial charge >= 0.3 is 0 Å². The first-order chi connectivity index (χ1) is 11.4. The van der Waals surface area contributed by atoms with Crippen LogP contribution in [-0.2, 0) is 10.0 Å². The Kier molecular flexibility index (Phi) is 4.31. The summed E-state index contributed by atoms with van der Waals surface area (Å²) in [7, 11) is -2.37. The molecule has 1 fully saturated rings. The molecule has 0 bridgehead atoms. The second-order valence-electron chi connectivity index (χ2n) is 5.92. The number of anilines is 2. The first-order valence-electron chi connectivity index (χ1n) is 7.67. The van der Waals surface area contributed by atoms with Crippen molar-refractivity contribution in [2.24, 2.45) is 0 Å². The standard InChI is InChI=1S/C16H20N4O3S/c1-10-8-13(23-3)14(9-11(10)2)24(21,22)20-16-7-6-15(18-19-16)17-12-4-5-12/h6-9,12H,4-5H2,1-3H3,(H,17,18)(H,19,20). The molecule has 2 aromatic rings. The summed E-state index contributed by atoms with van der Waals surface area (Å²) in [5.41, 5.74) is 1.83. The lowest BCUT2D eigenvalue weighted by Gasteiger charge is -2.13. The molecule has 3 rings (SSSR count). The van der Waals surface area contributed by atoms with Crippen molar-refractivity contribution in [3.05, 3.63) is 35.4 Å². The number of aromatic nitrogens is 2. The van der Waals surface area contributed by atoms with Gasteiger partial charge < -0.3 is 10.1 Å². The van der Waals surface area contributed by atoms with Crippen molar-refractivity contribution in [2.75, 3.05) is 17.1 Å². The Labute approximate surface area is 141 Å². The Morgan fingerprint density at radius 1 is 1.08 bits per heavy atom. The molecular weight excluding hydrogens is 328 g/mol. The molecule has 7 nitrogen and oxygen atoms in total. The minimum Gasteiger partial charge on any atom is -0.495 e. The molecule has 1 aliphatic rings. The molecule has 24 heavy (non-hydrogen) atoms. The lowest BCUT2D eigenvalue weighted by atomic mass is 10.1. The average molecular weight is 348 g/mol. The van der Waals surface area contributed by atoms with Crippen molar-refractivity contribution >= 4 is 21.7 Å². The van der Waals surface area contributed by atoms with Gasteiger partial charge in [-0.2, -0.15) is 0 Å². The zero-order valence-electron chi connectivity index (χ0n) is 13.8. The Morgan fingerprint density at radius 2 is 1.71 bits per heavy atom. The zero-order valence-corrected chi connectivity index (χ0v) is 14.6. The molecule has 1 heterocycles. The van der Waals surface area contributed by atoms with Crippen molar-refractivity contribution in [3.63, 3.8) is 0 Å². The first-order valence-corrected chi connectivity index (χ1v) is 9.15. The van der Waals surface area contributed by atoms with Gasteiger partial charge in [0.2, 0.25) is 0 Å². The van der Waals surface area contributed by atoms with Gasteiger partial charge in [0.25, 0.3) is 10.0 Å². The Bertz CT molecular complexity index is 846. The van der Waals surface area contributed by atoms with E-state index < -0.39 is 10.0 Å². The number of methoxy groups -OCH3 is 1. The molecule has 1 aromatic heterocycles. The van der Waals surface area contributed by atoms with Crippen LogP contribution in [0.3, 0.4) is 0 Å². The molecule has 1 aliphatic carbocycles. The largest absolute Gasteiger partial charge is 0.495 e. The molecule has 0 aliphatic heterocycles. The van der Waals surface area contributed by atoms with Crippen LogP contribution in [-0.4, -0.2) is 31.8 Å². The maximum Gasteiger partial charge on any atom is 0.266 e. The summed E-state index contributed by atoms with van der Waals surface area (Å²) in [5.74, 6) is 1.10. The minimum atomic E-state index is -3.82. The number of aryl methyl sites for hydroxylation is 2. The summed E-state index contributed by atoms with van der Waals surface area (Å²) in [6.45, 7) is 3.75. The molecule has 0 unspecified atom stereocenters. The van der Waals surface area contributed by atoms with Crippen LogP contribution >= 0.6 is 0 Å². The number of hydrogen-bond acceptors (Lipinski definition) is 6. The molecule has 0 spiro atoms. The third-order valence-electron chi connectivity index (χ3n) is 3.90. The highest BCUT2D eigenvalue weighted by Crippen LogP contribution is 2.29. The molecule has 0 amide bonds. The lowest BCUT2D eigenvalue weighted by Crippen LogP contribution is -2.16. The number of nitrogens with one attached hydrogen (secondary N) is 2. The van der Waals surface area contributed by atoms with Crippen LogP contribution in [0.1, 0.15) is 24.0 Å². The van der Waals surface area contributed by atoms with E-state index in [1.165, 1.54) is 7.11 Å². The van der Waals surface area contributed by atoms with Crippen LogP contribution in [0, 0.1) is 13.8 Å². The number of benzene rings is 1. The van der Waals surface area contributed by atoms with Gasteiger partial charge in [0.05, 0.1) is 7.11 Å². The average Bonchev–Trinajstić information content (AvgIpc) is 3.35. The lowest BCUT2D eigenvalue weighted by molar-refractivity contribution is 0.402. The molecule has 8 heteroatoms. The third kappa shape index (κ3) is 3.59. The van der Waals surface area contributed by atoms with Crippen LogP contribution in [0.5, 0.6) is 5.75 Å². The summed E-state index contributed by atoms with van der Waals surface area (Å²) < 4.78 is 32.9. The van der Waals surface area contributed by atoms with Gasteiger partial charge in [-0.1, -0.05) is 0 Å². The minimum absolute atomic E-state index is 0.0788. The van der Waals surface area contributed by atoms with Gasteiger partial charge in [0.1, 0.15) is 16.5 Å². The predicted octanol–water partition coefficient (Wildman–Crippen LogP) is 2.48. The zero-order chi connectivity index (χ0) is 17.3. The van der Waals surface area contributed by atoms with Crippen LogP contribution < -0.4 is 14.8 Å². The van der Waals surface area contributed by atoms with Gasteiger partial charge in [-0.15, -0.1) is 10.2 Å². The second kappa shape index (κ2) is 6.27. The first kappa shape index (κ1) is 16.5. The monoisotopic (exact) mass is 348 g/mol. The van der Waals surface area contributed by atoms with Crippen molar-refractivity contribution < 1.29 is 13.2 Å². The SMILES string of the molecule is COc1cc(C)c(C)cc1S(=O)(=O)Nc1ccc(NC2CC2)nn1. The van der Waals surface area contributed by atoms with Crippen molar-refractivity contribution in [2.45, 2.75) is 37.6 Å². The van der Waals surface area contributed by atoms with Crippen LogP contribution in [0.4, 0.5) is 11.6 Å². The van der Waals surface area contributed by atoms with E-state index in [9.17, 15) is 8.42 Å². The highest BCUT2D eigenvalue weighted by Gasteiger charge is 2.23. The van der Waals surface area contributed by atoms with Gasteiger partial charge in [0, 0.05) is 6.04 Å². The van der Waals surface area contributed by atoms with Gasteiger partial charge in [-0.3, -0.25) is 4.72 Å². The van der Waals surface area contributed by atoms with E-state index in [1.54, 1.807) is 24.3 Å². The van der Waals surface area contributed by atoms with E-state index in [0.29, 0.717) is 17.6 Å². The fourth-order valence-electron chi connectivity index (χ4n) is 2.23. The van der Waals surface area contributed by atoms with E-state index in [2.05, 4.69) is 20.2 Å². The molecule has 128 valence electrons. The Hall–Kier alpha value is -2.35. The number of rotatable bonds is 6. The normalized spacial score (nSPS) is 14.3. The van der Waals surface area contributed by atoms with E-state index in [4.69, 9.17) is 4.74 Å². The van der Waals surface area contributed by atoms with Gasteiger partial charge in [0.15, 0.2) is 5.82 Å². The number of sulfonamides is 1. The maximum absolute atomic E-state index is 12.6. The van der Waals surface area contributed by atoms with Crippen LogP contribution in [0.2, 0.25) is 0 Å². The molecule has 1 aromatic carbocycles. The number of ether oxygens (including phenoxy) is 1. The fraction of sp³-hybridized carbons (Fsp3) is 0.375. The molecule has 2 N–H and O–H groups in total. The highest BCUT2D eigenvalue weighted by atomic mass is 32.2. The Balaban J connectivity index is 1.84. The fourth-order valence-corrected chi connectivity index (χ4v) is 3.46. The van der Waals surface area contributed by atoms with Crippen molar-refractivity contribution in [1.82, 2.24) is 10.2 Å². The third-order valence-corrected chi connectivity index (χ3v) is 5.28. The van der Waals surface area contributed by atoms with Crippen molar-refractivity contribution in [1.29, 1.82) is 0 Å². The van der Waals surface area contributed by atoms with Crippen LogP contribution in [0.15, 0.2) is 29.2 Å². The van der Waals surface area contributed by atoms with Crippen LogP contribution in [0.25, 0.3) is 0 Å². The summed E-state index contributed by atoms with van der Waals surface area (Å²) in [4.78, 5) is 0.0788. The van der Waals surface area contributed by atoms with Gasteiger partial charge in [-0.05, 0) is 62.1 Å². The van der Waals surface area contributed by atoms with E-state index in [1.807, 2.05) is 13.8 Å². The van der Waals surface area contributed by atoms with E-state index in [0.717, 1.165) is 24.0 Å². The number of hydrogen-bond donors (Lipinski definition) is 2. The van der Waals surface area contributed by atoms with Gasteiger partial charge in [-0.25, -0.2) is 8.42 Å². The predicted molar refractivity (Wildman–Crippen MR) is 92.0 cm³/mol. The molecule has 0 atom stereocenters. The maximum atomic E-state index is 12.6. The number of nitrogens with zero attached hydrogens (tertiary/aromatic N) is 2. The molecule has 0 saturated heterocycles. The summed E-state index contributed by atoms with van der Waals surface area (Å²) in [5, 5.41) is 11.1. The molecule has 1 saturated carbocycles. The summed E-state index contributed by atoms with van der Waals surface area (Å²) in [6, 6.07) is 7.05. The Morgan fingerprint density at radius 3 is 2.29 bits per heavy atom. The summed E-state index contributed by atoms with van der Waals surface area (Å²) >= 11 is 0. The second-order valence-corrected chi connectivity index (χ2v) is 7.57. The topological polar surface area (TPSA) is 93.2 Å². The molecular formula is C16H20N4O3S. The van der Waals surface area contributed by atoms with Crippen molar-refractivity contribution in [3.8, 4) is 5.75 Å². The van der Waals surface area contributed by atoms with E-state index >= 15 is 0 Å². The smallest absolute Gasteiger partial charge is 0.266 e. The van der Waals surface area contributed by atoms with E-state index in [-0.39, 0.29) is 10.7 Å². The molecule has 0 radical (unpaired) electrons.